The lowest BCUT2D eigenvalue weighted by molar-refractivity contribution is -0.0854. The van der Waals surface area contributed by atoms with Crippen molar-refractivity contribution in [2.24, 2.45) is 10.9 Å². The standard InChI is InChI=1S/C22H22ClFN4O5S/c23-17-11-14(5-10-18(17)24)19-20(12-3-8-16(9-4-12)34(26,31)32)33-21(27-19)13-1-6-15(7-2-13)28(30)22(25)29/h3-5,8-11,13,15,30H,1-2,6-7H2,(H2,25,29)(H2,26,31,32). The number of hydrogen-bond acceptors (Lipinski definition) is 6. The monoisotopic (exact) mass is 508 g/mol. The summed E-state index contributed by atoms with van der Waals surface area (Å²) in [7, 11) is -3.87. The second-order valence-corrected chi connectivity index (χ2v) is 10.1. The summed E-state index contributed by atoms with van der Waals surface area (Å²) in [6.07, 6.45) is 2.18. The first-order valence-corrected chi connectivity index (χ1v) is 12.3. The fourth-order valence-electron chi connectivity index (χ4n) is 4.09. The van der Waals surface area contributed by atoms with Crippen molar-refractivity contribution in [3.05, 3.63) is 59.2 Å². The molecule has 5 N–H and O–H groups in total. The maximum Gasteiger partial charge on any atom is 0.338 e. The molecular formula is C22H22ClFN4O5S. The van der Waals surface area contributed by atoms with Gasteiger partial charge in [0.25, 0.3) is 0 Å². The number of rotatable bonds is 5. The largest absolute Gasteiger partial charge is 0.440 e. The molecule has 180 valence electrons. The van der Waals surface area contributed by atoms with Crippen LogP contribution in [0.2, 0.25) is 5.02 Å². The molecule has 4 rings (SSSR count). The molecule has 1 aliphatic rings. The van der Waals surface area contributed by atoms with Crippen molar-refractivity contribution in [3.8, 4) is 22.6 Å². The third-order valence-corrected chi connectivity index (χ3v) is 7.12. The molecule has 9 nitrogen and oxygen atoms in total. The van der Waals surface area contributed by atoms with Crippen molar-refractivity contribution < 1.29 is 27.2 Å². The first-order chi connectivity index (χ1) is 16.0. The lowest BCUT2D eigenvalue weighted by atomic mass is 9.86. The van der Waals surface area contributed by atoms with E-state index in [-0.39, 0.29) is 21.9 Å². The van der Waals surface area contributed by atoms with Crippen LogP contribution in [0.5, 0.6) is 0 Å². The molecule has 1 heterocycles. The zero-order valence-corrected chi connectivity index (χ0v) is 19.4. The molecule has 34 heavy (non-hydrogen) atoms. The van der Waals surface area contributed by atoms with E-state index in [2.05, 4.69) is 4.98 Å². The Kier molecular flexibility index (Phi) is 6.63. The number of nitrogens with two attached hydrogens (primary N) is 2. The molecule has 0 spiro atoms. The Morgan fingerprint density at radius 1 is 1.12 bits per heavy atom. The van der Waals surface area contributed by atoms with Crippen LogP contribution in [-0.4, -0.2) is 35.7 Å². The molecule has 2 aromatic carbocycles. The number of sulfonamides is 1. The Bertz CT molecular complexity index is 1320. The number of oxazole rings is 1. The number of primary amides is 1. The van der Waals surface area contributed by atoms with Gasteiger partial charge in [-0.15, -0.1) is 0 Å². The number of halogens is 2. The molecule has 2 amide bonds. The number of urea groups is 1. The summed E-state index contributed by atoms with van der Waals surface area (Å²) in [6.45, 7) is 0. The molecule has 0 aliphatic heterocycles. The van der Waals surface area contributed by atoms with Gasteiger partial charge in [0.05, 0.1) is 16.0 Å². The van der Waals surface area contributed by atoms with E-state index < -0.39 is 21.9 Å². The van der Waals surface area contributed by atoms with Gasteiger partial charge >= 0.3 is 6.03 Å². The number of hydrogen-bond donors (Lipinski definition) is 3. The van der Waals surface area contributed by atoms with E-state index in [4.69, 9.17) is 26.9 Å². The molecule has 3 aromatic rings. The number of carbonyl (C=O) groups excluding carboxylic acids is 1. The summed E-state index contributed by atoms with van der Waals surface area (Å²) in [5.74, 6) is 0.129. The number of carbonyl (C=O) groups is 1. The normalized spacial score (nSPS) is 18.6. The molecule has 1 aliphatic carbocycles. The van der Waals surface area contributed by atoms with E-state index in [0.29, 0.717) is 59.2 Å². The van der Waals surface area contributed by atoms with Gasteiger partial charge in [0.15, 0.2) is 11.7 Å². The molecule has 0 bridgehead atoms. The number of nitrogens with zero attached hydrogens (tertiary/aromatic N) is 2. The SMILES string of the molecule is NC(=O)N(O)C1CCC(c2nc(-c3ccc(F)c(Cl)c3)c(-c3ccc(S(N)(=O)=O)cc3)o2)CC1. The van der Waals surface area contributed by atoms with Gasteiger partial charge in [0.2, 0.25) is 10.0 Å². The van der Waals surface area contributed by atoms with Gasteiger partial charge in [0.1, 0.15) is 11.5 Å². The van der Waals surface area contributed by atoms with Crippen molar-refractivity contribution >= 4 is 27.7 Å². The van der Waals surface area contributed by atoms with Gasteiger partial charge in [-0.2, -0.15) is 0 Å². The van der Waals surface area contributed by atoms with Crippen LogP contribution in [0.25, 0.3) is 22.6 Å². The van der Waals surface area contributed by atoms with Crippen molar-refractivity contribution in [2.75, 3.05) is 0 Å². The molecule has 1 fully saturated rings. The van der Waals surface area contributed by atoms with Gasteiger partial charge in [-0.05, 0) is 68.1 Å². The van der Waals surface area contributed by atoms with Crippen LogP contribution in [0.3, 0.4) is 0 Å². The third kappa shape index (κ3) is 4.92. The van der Waals surface area contributed by atoms with Crippen molar-refractivity contribution in [1.82, 2.24) is 10.0 Å². The predicted molar refractivity (Wildman–Crippen MR) is 122 cm³/mol. The van der Waals surface area contributed by atoms with Crippen molar-refractivity contribution in [2.45, 2.75) is 42.5 Å². The Labute approximate surface area is 200 Å². The summed E-state index contributed by atoms with van der Waals surface area (Å²) in [4.78, 5) is 15.9. The van der Waals surface area contributed by atoms with Crippen LogP contribution in [0.4, 0.5) is 9.18 Å². The zero-order valence-electron chi connectivity index (χ0n) is 17.8. The fraction of sp³-hybridized carbons (Fsp3) is 0.273. The number of aromatic nitrogens is 1. The van der Waals surface area contributed by atoms with Crippen LogP contribution in [0.15, 0.2) is 51.8 Å². The highest BCUT2D eigenvalue weighted by molar-refractivity contribution is 7.89. The first kappa shape index (κ1) is 24.1. The Balaban J connectivity index is 1.70. The molecule has 12 heteroatoms. The highest BCUT2D eigenvalue weighted by Crippen LogP contribution is 2.40. The third-order valence-electron chi connectivity index (χ3n) is 5.90. The van der Waals surface area contributed by atoms with Crippen molar-refractivity contribution in [3.63, 3.8) is 0 Å². The zero-order chi connectivity index (χ0) is 24.6. The lowest BCUT2D eigenvalue weighted by Crippen LogP contribution is -2.42. The average Bonchev–Trinajstić information content (AvgIpc) is 3.25. The minimum Gasteiger partial charge on any atom is -0.440 e. The summed E-state index contributed by atoms with van der Waals surface area (Å²) in [5, 5.41) is 15.5. The van der Waals surface area contributed by atoms with E-state index in [0.717, 1.165) is 0 Å². The minimum atomic E-state index is -3.87. The molecule has 0 saturated heterocycles. The van der Waals surface area contributed by atoms with Crippen LogP contribution >= 0.6 is 11.6 Å². The van der Waals surface area contributed by atoms with E-state index in [1.165, 1.54) is 30.3 Å². The van der Waals surface area contributed by atoms with Gasteiger partial charge in [0, 0.05) is 17.0 Å². The summed E-state index contributed by atoms with van der Waals surface area (Å²) >= 11 is 5.98. The molecule has 0 radical (unpaired) electrons. The van der Waals surface area contributed by atoms with Gasteiger partial charge < -0.3 is 10.2 Å². The topological polar surface area (TPSA) is 153 Å². The fourth-order valence-corrected chi connectivity index (χ4v) is 4.79. The van der Waals surface area contributed by atoms with E-state index >= 15 is 0 Å². The maximum absolute atomic E-state index is 13.7. The van der Waals surface area contributed by atoms with Crippen LogP contribution in [-0.2, 0) is 10.0 Å². The number of primary sulfonamides is 1. The second-order valence-electron chi connectivity index (χ2n) is 8.12. The quantitative estimate of drug-likeness (QED) is 0.346. The lowest BCUT2D eigenvalue weighted by Gasteiger charge is -2.30. The predicted octanol–water partition coefficient (Wildman–Crippen LogP) is 4.24. The number of benzene rings is 2. The Hall–Kier alpha value is -2.99. The Morgan fingerprint density at radius 2 is 1.74 bits per heavy atom. The van der Waals surface area contributed by atoms with Crippen LogP contribution in [0, 0.1) is 5.82 Å². The highest BCUT2D eigenvalue weighted by atomic mass is 35.5. The molecular weight excluding hydrogens is 487 g/mol. The average molecular weight is 509 g/mol. The van der Waals surface area contributed by atoms with Crippen LogP contribution < -0.4 is 10.9 Å². The van der Waals surface area contributed by atoms with Gasteiger partial charge in [-0.25, -0.2) is 32.8 Å². The van der Waals surface area contributed by atoms with Gasteiger partial charge in [-0.3, -0.25) is 5.21 Å². The van der Waals surface area contributed by atoms with E-state index in [9.17, 15) is 22.8 Å². The smallest absolute Gasteiger partial charge is 0.338 e. The molecule has 0 unspecified atom stereocenters. The maximum atomic E-state index is 13.7. The van der Waals surface area contributed by atoms with Gasteiger partial charge in [-0.1, -0.05) is 11.6 Å². The Morgan fingerprint density at radius 3 is 2.29 bits per heavy atom. The summed E-state index contributed by atoms with van der Waals surface area (Å²) < 4.78 is 43.1. The summed E-state index contributed by atoms with van der Waals surface area (Å²) in [6, 6.07) is 8.72. The summed E-state index contributed by atoms with van der Waals surface area (Å²) in [5.41, 5.74) is 6.64. The van der Waals surface area contributed by atoms with Crippen molar-refractivity contribution in [1.29, 1.82) is 0 Å². The van der Waals surface area contributed by atoms with E-state index in [1.54, 1.807) is 12.1 Å². The first-order valence-electron chi connectivity index (χ1n) is 10.4. The second kappa shape index (κ2) is 9.34. The minimum absolute atomic E-state index is 0.0521. The number of amides is 2. The molecule has 1 saturated carbocycles. The highest BCUT2D eigenvalue weighted by Gasteiger charge is 2.31. The molecule has 0 atom stereocenters. The van der Waals surface area contributed by atoms with E-state index in [1.807, 2.05) is 0 Å². The molecule has 1 aromatic heterocycles. The van der Waals surface area contributed by atoms with Crippen LogP contribution in [0.1, 0.15) is 37.5 Å². The number of hydroxylamine groups is 2.